The third kappa shape index (κ3) is 6.67. The van der Waals surface area contributed by atoms with Gasteiger partial charge in [0.2, 0.25) is 0 Å². The molecule has 2 N–H and O–H groups in total. The Labute approximate surface area is 98.9 Å². The molecule has 1 aliphatic carbocycles. The first-order chi connectivity index (χ1) is 7.86. The molecule has 1 rings (SSSR count). The summed E-state index contributed by atoms with van der Waals surface area (Å²) in [5.74, 6) is 1.91. The predicted octanol–water partition coefficient (Wildman–Crippen LogP) is 1.38. The normalized spacial score (nSPS) is 16.2. The fourth-order valence-electron chi connectivity index (χ4n) is 1.61. The molecule has 0 aromatic carbocycles. The Bertz CT molecular complexity index is 202. The maximum Gasteiger partial charge on any atom is 0.191 e. The number of ether oxygens (including phenoxy) is 1. The first-order valence-electron chi connectivity index (χ1n) is 6.39. The van der Waals surface area contributed by atoms with E-state index in [1.54, 1.807) is 7.05 Å². The molecule has 1 aliphatic rings. The molecule has 4 heteroatoms. The lowest BCUT2D eigenvalue weighted by Crippen LogP contribution is -2.39. The number of hydrogen-bond acceptors (Lipinski definition) is 2. The SMILES string of the molecule is CCOCCNC(=NC)NCCCC1CC1. The van der Waals surface area contributed by atoms with E-state index >= 15 is 0 Å². The van der Waals surface area contributed by atoms with Gasteiger partial charge in [0, 0.05) is 26.7 Å². The molecule has 1 fully saturated rings. The molecule has 0 amide bonds. The first-order valence-corrected chi connectivity index (χ1v) is 6.39. The molecule has 0 unspecified atom stereocenters. The van der Waals surface area contributed by atoms with Crippen LogP contribution in [0.15, 0.2) is 4.99 Å². The summed E-state index contributed by atoms with van der Waals surface area (Å²) in [4.78, 5) is 4.16. The Morgan fingerprint density at radius 3 is 2.69 bits per heavy atom. The highest BCUT2D eigenvalue weighted by Gasteiger charge is 2.19. The van der Waals surface area contributed by atoms with Crippen LogP contribution >= 0.6 is 0 Å². The van der Waals surface area contributed by atoms with Gasteiger partial charge in [0.25, 0.3) is 0 Å². The predicted molar refractivity (Wildman–Crippen MR) is 67.8 cm³/mol. The van der Waals surface area contributed by atoms with E-state index in [4.69, 9.17) is 4.74 Å². The minimum absolute atomic E-state index is 0.735. The van der Waals surface area contributed by atoms with Gasteiger partial charge in [-0.25, -0.2) is 0 Å². The lowest BCUT2D eigenvalue weighted by atomic mass is 10.2. The number of nitrogens with zero attached hydrogens (tertiary/aromatic N) is 1. The number of hydrogen-bond donors (Lipinski definition) is 2. The van der Waals surface area contributed by atoms with Crippen LogP contribution in [-0.4, -0.2) is 39.3 Å². The highest BCUT2D eigenvalue weighted by Crippen LogP contribution is 2.33. The summed E-state index contributed by atoms with van der Waals surface area (Å²) in [6.45, 7) is 5.35. The quantitative estimate of drug-likeness (QED) is 0.374. The van der Waals surface area contributed by atoms with Crippen LogP contribution in [0, 0.1) is 5.92 Å². The summed E-state index contributed by atoms with van der Waals surface area (Å²) >= 11 is 0. The Kier molecular flexibility index (Phi) is 6.97. The summed E-state index contributed by atoms with van der Waals surface area (Å²) in [6.07, 6.45) is 5.50. The molecular formula is C12H25N3O. The van der Waals surface area contributed by atoms with Gasteiger partial charge in [-0.15, -0.1) is 0 Å². The number of rotatable bonds is 8. The summed E-state index contributed by atoms with van der Waals surface area (Å²) < 4.78 is 5.25. The molecule has 4 nitrogen and oxygen atoms in total. The lowest BCUT2D eigenvalue weighted by Gasteiger charge is -2.11. The van der Waals surface area contributed by atoms with Gasteiger partial charge >= 0.3 is 0 Å². The Hall–Kier alpha value is -0.770. The van der Waals surface area contributed by atoms with Crippen molar-refractivity contribution in [3.63, 3.8) is 0 Å². The molecule has 0 radical (unpaired) electrons. The van der Waals surface area contributed by atoms with Crippen molar-refractivity contribution in [3.8, 4) is 0 Å². The lowest BCUT2D eigenvalue weighted by molar-refractivity contribution is 0.152. The Morgan fingerprint density at radius 2 is 2.06 bits per heavy atom. The van der Waals surface area contributed by atoms with Crippen LogP contribution in [0.3, 0.4) is 0 Å². The minimum atomic E-state index is 0.735. The van der Waals surface area contributed by atoms with E-state index in [0.717, 1.165) is 38.2 Å². The molecule has 0 atom stereocenters. The van der Waals surface area contributed by atoms with Crippen molar-refractivity contribution in [3.05, 3.63) is 0 Å². The second-order valence-electron chi connectivity index (χ2n) is 4.21. The van der Waals surface area contributed by atoms with Gasteiger partial charge in [0.1, 0.15) is 0 Å². The van der Waals surface area contributed by atoms with Crippen molar-refractivity contribution in [2.24, 2.45) is 10.9 Å². The van der Waals surface area contributed by atoms with Gasteiger partial charge in [-0.1, -0.05) is 12.8 Å². The zero-order valence-electron chi connectivity index (χ0n) is 10.6. The van der Waals surface area contributed by atoms with Crippen molar-refractivity contribution in [2.45, 2.75) is 32.6 Å². The van der Waals surface area contributed by atoms with Crippen molar-refractivity contribution in [2.75, 3.05) is 33.4 Å². The van der Waals surface area contributed by atoms with Gasteiger partial charge in [-0.2, -0.15) is 0 Å². The van der Waals surface area contributed by atoms with Gasteiger partial charge in [0.15, 0.2) is 5.96 Å². The summed E-state index contributed by atoms with van der Waals surface area (Å²) in [6, 6.07) is 0. The van der Waals surface area contributed by atoms with Crippen molar-refractivity contribution in [1.82, 2.24) is 10.6 Å². The van der Waals surface area contributed by atoms with Crippen LogP contribution in [-0.2, 0) is 4.74 Å². The molecule has 94 valence electrons. The van der Waals surface area contributed by atoms with E-state index in [0.29, 0.717) is 0 Å². The van der Waals surface area contributed by atoms with Crippen molar-refractivity contribution >= 4 is 5.96 Å². The fourth-order valence-corrected chi connectivity index (χ4v) is 1.61. The van der Waals surface area contributed by atoms with Crippen LogP contribution in [0.5, 0.6) is 0 Å². The summed E-state index contributed by atoms with van der Waals surface area (Å²) in [5, 5.41) is 6.53. The third-order valence-corrected chi connectivity index (χ3v) is 2.75. The van der Waals surface area contributed by atoms with E-state index in [9.17, 15) is 0 Å². The van der Waals surface area contributed by atoms with E-state index < -0.39 is 0 Å². The van der Waals surface area contributed by atoms with Gasteiger partial charge in [0.05, 0.1) is 6.61 Å². The van der Waals surface area contributed by atoms with Crippen LogP contribution in [0.4, 0.5) is 0 Å². The molecule has 0 aromatic rings. The first kappa shape index (κ1) is 13.3. The standard InChI is InChI=1S/C12H25N3O/c1-3-16-10-9-15-12(13-2)14-8-4-5-11-6-7-11/h11H,3-10H2,1-2H3,(H2,13,14,15). The minimum Gasteiger partial charge on any atom is -0.380 e. The maximum atomic E-state index is 5.25. The molecule has 1 saturated carbocycles. The highest BCUT2D eigenvalue weighted by molar-refractivity contribution is 5.79. The van der Waals surface area contributed by atoms with Crippen LogP contribution in [0.2, 0.25) is 0 Å². The van der Waals surface area contributed by atoms with E-state index in [1.807, 2.05) is 6.92 Å². The number of aliphatic imine (C=N–C) groups is 1. The van der Waals surface area contributed by atoms with Crippen LogP contribution < -0.4 is 10.6 Å². The number of nitrogens with one attached hydrogen (secondary N) is 2. The molecule has 0 aromatic heterocycles. The monoisotopic (exact) mass is 227 g/mol. The maximum absolute atomic E-state index is 5.25. The number of guanidine groups is 1. The molecule has 0 aliphatic heterocycles. The molecule has 0 bridgehead atoms. The molecule has 0 heterocycles. The fraction of sp³-hybridized carbons (Fsp3) is 0.917. The largest absolute Gasteiger partial charge is 0.380 e. The van der Waals surface area contributed by atoms with Crippen LogP contribution in [0.25, 0.3) is 0 Å². The zero-order chi connectivity index (χ0) is 11.6. The Morgan fingerprint density at radius 1 is 1.31 bits per heavy atom. The molecule has 16 heavy (non-hydrogen) atoms. The molecular weight excluding hydrogens is 202 g/mol. The Balaban J connectivity index is 1.93. The molecule has 0 saturated heterocycles. The van der Waals surface area contributed by atoms with Gasteiger partial charge in [-0.3, -0.25) is 4.99 Å². The second-order valence-corrected chi connectivity index (χ2v) is 4.21. The topological polar surface area (TPSA) is 45.6 Å². The van der Waals surface area contributed by atoms with E-state index in [1.165, 1.54) is 25.7 Å². The zero-order valence-corrected chi connectivity index (χ0v) is 10.6. The molecule has 0 spiro atoms. The second kappa shape index (κ2) is 8.39. The van der Waals surface area contributed by atoms with E-state index in [2.05, 4.69) is 15.6 Å². The van der Waals surface area contributed by atoms with Gasteiger partial charge < -0.3 is 15.4 Å². The third-order valence-electron chi connectivity index (χ3n) is 2.75. The summed E-state index contributed by atoms with van der Waals surface area (Å²) in [7, 11) is 1.80. The van der Waals surface area contributed by atoms with Crippen molar-refractivity contribution in [1.29, 1.82) is 0 Å². The van der Waals surface area contributed by atoms with Gasteiger partial charge in [-0.05, 0) is 25.7 Å². The average Bonchev–Trinajstić information content (AvgIpc) is 3.11. The average molecular weight is 227 g/mol. The van der Waals surface area contributed by atoms with Crippen LogP contribution in [0.1, 0.15) is 32.6 Å². The summed E-state index contributed by atoms with van der Waals surface area (Å²) in [5.41, 5.74) is 0. The highest BCUT2D eigenvalue weighted by atomic mass is 16.5. The van der Waals surface area contributed by atoms with E-state index in [-0.39, 0.29) is 0 Å². The smallest absolute Gasteiger partial charge is 0.191 e. The van der Waals surface area contributed by atoms with Crippen molar-refractivity contribution < 1.29 is 4.74 Å².